The van der Waals surface area contributed by atoms with E-state index >= 15 is 0 Å². The Hall–Kier alpha value is -4.45. The van der Waals surface area contributed by atoms with Gasteiger partial charge >= 0.3 is 5.97 Å². The van der Waals surface area contributed by atoms with Crippen molar-refractivity contribution >= 4 is 38.9 Å². The minimum Gasteiger partial charge on any atom is -0.467 e. The summed E-state index contributed by atoms with van der Waals surface area (Å²) in [6.07, 6.45) is 1.36. The first-order chi connectivity index (χ1) is 20.5. The second-order valence-corrected chi connectivity index (χ2v) is 12.8. The molecule has 0 heterocycles. The third-order valence-corrected chi connectivity index (χ3v) is 8.89. The van der Waals surface area contributed by atoms with Crippen molar-refractivity contribution in [3.05, 3.63) is 131 Å². The number of aryl methyl sites for hydroxylation is 2. The van der Waals surface area contributed by atoms with Crippen molar-refractivity contribution in [1.29, 1.82) is 0 Å². The molecule has 0 spiro atoms. The highest BCUT2D eigenvalue weighted by Gasteiger charge is 2.33. The van der Waals surface area contributed by atoms with E-state index < -0.39 is 38.1 Å². The molecule has 0 aromatic heterocycles. The van der Waals surface area contributed by atoms with Gasteiger partial charge in [0.15, 0.2) is 6.04 Å². The molecule has 0 fully saturated rings. The van der Waals surface area contributed by atoms with Crippen molar-refractivity contribution in [2.24, 2.45) is 9.39 Å². The fraction of sp³-hybridized carbons (Fsp3) is 0.156. The highest BCUT2D eigenvalue weighted by atomic mass is 32.2. The molecule has 4 aromatic rings. The number of nitrogens with zero attached hydrogens (tertiary/aromatic N) is 2. The van der Waals surface area contributed by atoms with Gasteiger partial charge in [0.1, 0.15) is 0 Å². The van der Waals surface area contributed by atoms with E-state index in [1.807, 2.05) is 32.0 Å². The van der Waals surface area contributed by atoms with Crippen LogP contribution < -0.4 is 4.72 Å². The Bertz CT molecular complexity index is 1740. The van der Waals surface area contributed by atoms with Crippen LogP contribution in [0.4, 0.5) is 0 Å². The third kappa shape index (κ3) is 9.53. The molecule has 43 heavy (non-hydrogen) atoms. The van der Waals surface area contributed by atoms with E-state index in [1.165, 1.54) is 25.5 Å². The number of hydrogen-bond donors (Lipinski definition) is 1. The molecular weight excluding hydrogens is 587 g/mol. The summed E-state index contributed by atoms with van der Waals surface area (Å²) in [5, 5.41) is 0. The molecular formula is C32H33N3O6S2. The molecule has 1 N–H and O–H groups in total. The standard InChI is InChI=1S/C18H20N2O4S.C14H13NO2S/c1-13-9-11-15(12-10-13)25(22,23)20-16(14-7-5-4-6-8-14)17(19-2)18(21)24-3;1-12-7-9-14(10-8-12)18(16,17)15-11-13-5-3-2-4-6-13/h4-12,16-17,20H,2H2,1,3H3;2-11H,1H3. The van der Waals surface area contributed by atoms with Crippen molar-refractivity contribution in [3.63, 3.8) is 0 Å². The molecule has 2 atom stereocenters. The molecule has 2 unspecified atom stereocenters. The molecule has 4 rings (SSSR count). The highest BCUT2D eigenvalue weighted by molar-refractivity contribution is 7.90. The molecule has 4 aromatic carbocycles. The van der Waals surface area contributed by atoms with E-state index in [9.17, 15) is 21.6 Å². The summed E-state index contributed by atoms with van der Waals surface area (Å²) < 4.78 is 60.3. The average molecular weight is 620 g/mol. The number of aliphatic imine (C=N–C) groups is 1. The maximum absolute atomic E-state index is 12.7. The lowest BCUT2D eigenvalue weighted by molar-refractivity contribution is -0.142. The Morgan fingerprint density at radius 1 is 0.767 bits per heavy atom. The summed E-state index contributed by atoms with van der Waals surface area (Å²) in [7, 11) is -6.25. The average Bonchev–Trinajstić information content (AvgIpc) is 3.01. The number of rotatable bonds is 10. The number of carbonyl (C=O) groups excluding carboxylic acids is 1. The van der Waals surface area contributed by atoms with Gasteiger partial charge in [-0.3, -0.25) is 4.99 Å². The van der Waals surface area contributed by atoms with Crippen LogP contribution in [0.25, 0.3) is 0 Å². The number of ether oxygens (including phenoxy) is 1. The second-order valence-electron chi connectivity index (χ2n) is 9.41. The number of nitrogens with one attached hydrogen (secondary N) is 1. The summed E-state index contributed by atoms with van der Waals surface area (Å²) in [6.45, 7) is 7.18. The van der Waals surface area contributed by atoms with Crippen molar-refractivity contribution < 1.29 is 26.4 Å². The lowest BCUT2D eigenvalue weighted by Crippen LogP contribution is -2.39. The van der Waals surface area contributed by atoms with Crippen LogP contribution in [0.2, 0.25) is 0 Å². The molecule has 0 aliphatic heterocycles. The van der Waals surface area contributed by atoms with Gasteiger partial charge in [-0.1, -0.05) is 96.1 Å². The van der Waals surface area contributed by atoms with Gasteiger partial charge in [0.25, 0.3) is 10.0 Å². The summed E-state index contributed by atoms with van der Waals surface area (Å²) in [6, 6.07) is 28.9. The van der Waals surface area contributed by atoms with E-state index in [1.54, 1.807) is 78.9 Å². The summed E-state index contributed by atoms with van der Waals surface area (Å²) in [4.78, 5) is 16.1. The van der Waals surface area contributed by atoms with Crippen molar-refractivity contribution in [3.8, 4) is 0 Å². The Kier molecular flexibility index (Phi) is 11.6. The number of esters is 1. The van der Waals surface area contributed by atoms with Gasteiger partial charge in [0, 0.05) is 6.21 Å². The van der Waals surface area contributed by atoms with Crippen molar-refractivity contribution in [1.82, 2.24) is 4.72 Å². The van der Waals surface area contributed by atoms with E-state index in [0.29, 0.717) is 5.56 Å². The van der Waals surface area contributed by atoms with Crippen LogP contribution in [-0.2, 0) is 29.6 Å². The van der Waals surface area contributed by atoms with E-state index in [0.717, 1.165) is 16.7 Å². The zero-order chi connectivity index (χ0) is 31.5. The Morgan fingerprint density at radius 2 is 1.26 bits per heavy atom. The fourth-order valence-electron chi connectivity index (χ4n) is 3.80. The first kappa shape index (κ1) is 33.1. The Balaban J connectivity index is 0.000000248. The quantitative estimate of drug-likeness (QED) is 0.195. The normalized spacial score (nSPS) is 12.9. The van der Waals surface area contributed by atoms with Crippen LogP contribution in [-0.4, -0.2) is 48.9 Å². The van der Waals surface area contributed by atoms with Crippen molar-refractivity contribution in [2.45, 2.75) is 35.7 Å². The number of carbonyl (C=O) groups is 1. The van der Waals surface area contributed by atoms with E-state index in [2.05, 4.69) is 20.8 Å². The maximum atomic E-state index is 12.7. The first-order valence-electron chi connectivity index (χ1n) is 13.1. The minimum atomic E-state index is -3.87. The van der Waals surface area contributed by atoms with Crippen LogP contribution >= 0.6 is 0 Å². The molecule has 0 amide bonds. The molecule has 11 heteroatoms. The lowest BCUT2D eigenvalue weighted by Gasteiger charge is -2.23. The summed E-state index contributed by atoms with van der Waals surface area (Å²) in [5.74, 6) is -0.671. The van der Waals surface area contributed by atoms with Gasteiger partial charge in [0.2, 0.25) is 10.0 Å². The van der Waals surface area contributed by atoms with Crippen LogP contribution in [0.5, 0.6) is 0 Å². The SMILES string of the molecule is C=NC(C(=O)OC)C(NS(=O)(=O)c1ccc(C)cc1)c1ccccc1.Cc1ccc(S(=O)(=O)N=Cc2ccccc2)cc1. The van der Waals surface area contributed by atoms with Gasteiger partial charge in [-0.15, -0.1) is 0 Å². The first-order valence-corrected chi connectivity index (χ1v) is 16.0. The van der Waals surface area contributed by atoms with Gasteiger partial charge in [-0.25, -0.2) is 17.9 Å². The third-order valence-electron chi connectivity index (χ3n) is 6.19. The van der Waals surface area contributed by atoms with Crippen LogP contribution in [0.15, 0.2) is 128 Å². The molecule has 0 radical (unpaired) electrons. The predicted octanol–water partition coefficient (Wildman–Crippen LogP) is 5.06. The summed E-state index contributed by atoms with van der Waals surface area (Å²) >= 11 is 0. The zero-order valence-corrected chi connectivity index (χ0v) is 25.6. The van der Waals surface area contributed by atoms with Crippen LogP contribution in [0, 0.1) is 13.8 Å². The lowest BCUT2D eigenvalue weighted by atomic mass is 10.0. The smallest absolute Gasteiger partial charge is 0.332 e. The fourth-order valence-corrected chi connectivity index (χ4v) is 5.90. The van der Waals surface area contributed by atoms with Gasteiger partial charge < -0.3 is 4.74 Å². The summed E-state index contributed by atoms with van der Waals surface area (Å²) in [5.41, 5.74) is 3.30. The molecule has 0 saturated heterocycles. The van der Waals surface area contributed by atoms with Crippen LogP contribution in [0.3, 0.4) is 0 Å². The second kappa shape index (κ2) is 15.1. The Morgan fingerprint density at radius 3 is 1.74 bits per heavy atom. The largest absolute Gasteiger partial charge is 0.467 e. The predicted molar refractivity (Wildman–Crippen MR) is 168 cm³/mol. The van der Waals surface area contributed by atoms with E-state index in [4.69, 9.17) is 4.74 Å². The van der Waals surface area contributed by atoms with Gasteiger partial charge in [-0.05, 0) is 56.0 Å². The zero-order valence-electron chi connectivity index (χ0n) is 24.0. The topological polar surface area (TPSA) is 131 Å². The monoisotopic (exact) mass is 619 g/mol. The van der Waals surface area contributed by atoms with Crippen LogP contribution in [0.1, 0.15) is 28.3 Å². The Labute approximate surface area is 253 Å². The number of methoxy groups -OCH3 is 1. The van der Waals surface area contributed by atoms with Crippen molar-refractivity contribution in [2.75, 3.05) is 7.11 Å². The molecule has 224 valence electrons. The molecule has 9 nitrogen and oxygen atoms in total. The van der Waals surface area contributed by atoms with Gasteiger partial charge in [0.05, 0.1) is 22.9 Å². The molecule has 0 bridgehead atoms. The molecule has 0 aliphatic carbocycles. The number of benzene rings is 4. The van der Waals surface area contributed by atoms with Gasteiger partial charge in [-0.2, -0.15) is 12.8 Å². The molecule has 0 saturated carbocycles. The molecule has 0 aliphatic rings. The minimum absolute atomic E-state index is 0.103. The number of sulfonamides is 2. The highest BCUT2D eigenvalue weighted by Crippen LogP contribution is 2.23. The maximum Gasteiger partial charge on any atom is 0.332 e. The van der Waals surface area contributed by atoms with E-state index in [-0.39, 0.29) is 9.79 Å². The number of hydrogen-bond acceptors (Lipinski definition) is 7.